The lowest BCUT2D eigenvalue weighted by Gasteiger charge is -2.16. The van der Waals surface area contributed by atoms with Gasteiger partial charge in [-0.2, -0.15) is 9.99 Å². The van der Waals surface area contributed by atoms with Gasteiger partial charge in [-0.15, -0.1) is 0 Å². The van der Waals surface area contributed by atoms with Gasteiger partial charge in [0, 0.05) is 19.1 Å². The minimum absolute atomic E-state index is 0.0243. The summed E-state index contributed by atoms with van der Waals surface area (Å²) in [7, 11) is 0. The Bertz CT molecular complexity index is 990. The molecule has 1 aromatic heterocycles. The number of pyridine rings is 1. The van der Waals surface area contributed by atoms with E-state index < -0.39 is 39.8 Å². The number of ketones is 1. The molecule has 0 amide bonds. The van der Waals surface area contributed by atoms with Gasteiger partial charge in [0.15, 0.2) is 6.20 Å². The average molecular weight is 387 g/mol. The predicted molar refractivity (Wildman–Crippen MR) is 96.2 cm³/mol. The molecule has 0 unspecified atom stereocenters. The number of hydrogen-bond acceptors (Lipinski definition) is 7. The van der Waals surface area contributed by atoms with Crippen LogP contribution in [0.1, 0.15) is 49.3 Å². The molecule has 28 heavy (non-hydrogen) atoms. The smallest absolute Gasteiger partial charge is 0.308 e. The summed E-state index contributed by atoms with van der Waals surface area (Å²) < 4.78 is 19.3. The number of nitriles is 1. The summed E-state index contributed by atoms with van der Waals surface area (Å²) >= 11 is 0. The molecule has 0 aliphatic rings. The molecule has 0 aliphatic heterocycles. The van der Waals surface area contributed by atoms with Gasteiger partial charge in [0.1, 0.15) is 23.2 Å². The van der Waals surface area contributed by atoms with Gasteiger partial charge in [0.05, 0.1) is 11.1 Å². The molecule has 8 nitrogen and oxygen atoms in total. The van der Waals surface area contributed by atoms with Gasteiger partial charge in [0.25, 0.3) is 5.78 Å². The molecule has 0 spiro atoms. The fraction of sp³-hybridized carbons (Fsp3) is 0.263. The summed E-state index contributed by atoms with van der Waals surface area (Å²) in [4.78, 5) is 18.0. The van der Waals surface area contributed by atoms with Crippen LogP contribution in [0, 0.1) is 22.4 Å². The van der Waals surface area contributed by atoms with Crippen molar-refractivity contribution in [1.82, 2.24) is 0 Å². The van der Waals surface area contributed by atoms with Crippen molar-refractivity contribution in [2.75, 3.05) is 0 Å². The third-order valence-electron chi connectivity index (χ3n) is 3.29. The zero-order valence-corrected chi connectivity index (χ0v) is 15.7. The Labute approximate surface area is 160 Å². The van der Waals surface area contributed by atoms with Crippen LogP contribution in [0.15, 0.2) is 35.6 Å². The maximum atomic E-state index is 13.6. The van der Waals surface area contributed by atoms with Crippen molar-refractivity contribution in [1.29, 1.82) is 5.26 Å². The van der Waals surface area contributed by atoms with E-state index in [0.29, 0.717) is 6.07 Å². The van der Waals surface area contributed by atoms with Gasteiger partial charge in [-0.1, -0.05) is 5.16 Å². The van der Waals surface area contributed by atoms with Crippen LogP contribution >= 0.6 is 0 Å². The number of hydrogen-bond donors (Lipinski definition) is 1. The minimum Gasteiger partial charge on any atom is -0.618 e. The number of rotatable bonds is 4. The number of carbonyl (C=O) groups excluding carboxylic acids is 1. The lowest BCUT2D eigenvalue weighted by Crippen LogP contribution is -2.35. The predicted octanol–water partition coefficient (Wildman–Crippen LogP) is 2.79. The summed E-state index contributed by atoms with van der Waals surface area (Å²) in [6.45, 7) is 6.79. The van der Waals surface area contributed by atoms with Crippen LogP contribution in [-0.4, -0.2) is 22.4 Å². The highest BCUT2D eigenvalue weighted by Gasteiger charge is 2.28. The van der Waals surface area contributed by atoms with Crippen molar-refractivity contribution < 1.29 is 28.6 Å². The van der Waals surface area contributed by atoms with Crippen molar-refractivity contribution in [3.8, 4) is 17.6 Å². The molecular formula is C19H18FN3O5. The fourth-order valence-electron chi connectivity index (χ4n) is 2.10. The minimum atomic E-state index is -0.988. The van der Waals surface area contributed by atoms with Gasteiger partial charge in [-0.3, -0.25) is 4.79 Å². The van der Waals surface area contributed by atoms with Gasteiger partial charge in [-0.25, -0.2) is 4.39 Å². The maximum Gasteiger partial charge on any atom is 0.308 e. The topological polar surface area (TPSA) is 119 Å². The summed E-state index contributed by atoms with van der Waals surface area (Å²) in [6.07, 6.45) is 1.06. The molecule has 0 aliphatic carbocycles. The lowest BCUT2D eigenvalue weighted by molar-refractivity contribution is -0.607. The molecule has 1 N–H and O–H groups in total. The molecule has 146 valence electrons. The number of halogens is 1. The number of benzene rings is 1. The monoisotopic (exact) mass is 387 g/mol. The van der Waals surface area contributed by atoms with Crippen LogP contribution in [-0.2, 0) is 4.84 Å². The van der Waals surface area contributed by atoms with E-state index in [1.807, 2.05) is 0 Å². The molecule has 0 saturated carbocycles. The van der Waals surface area contributed by atoms with Gasteiger partial charge in [0.2, 0.25) is 11.6 Å². The second-order valence-electron chi connectivity index (χ2n) is 6.75. The average Bonchev–Trinajstić information content (AvgIpc) is 2.59. The molecule has 2 rings (SSSR count). The van der Waals surface area contributed by atoms with Crippen molar-refractivity contribution >= 4 is 11.7 Å². The SMILES string of the molecule is CC(=NOC(C)(C)C)Oc1ccc[n+]([O-])c1C(=O)c1cc(C#N)c(F)cc1O. The normalized spacial score (nSPS) is 11.6. The van der Waals surface area contributed by atoms with E-state index in [0.717, 1.165) is 12.3 Å². The first-order valence-corrected chi connectivity index (χ1v) is 8.13. The van der Waals surface area contributed by atoms with Crippen LogP contribution in [0.4, 0.5) is 4.39 Å². The summed E-state index contributed by atoms with van der Waals surface area (Å²) in [6, 6.07) is 5.77. The van der Waals surface area contributed by atoms with Crippen LogP contribution in [0.2, 0.25) is 0 Å². The Morgan fingerprint density at radius 2 is 2.07 bits per heavy atom. The molecule has 0 bridgehead atoms. The van der Waals surface area contributed by atoms with Crippen LogP contribution < -0.4 is 9.47 Å². The lowest BCUT2D eigenvalue weighted by atomic mass is 10.0. The number of ether oxygens (including phenoxy) is 1. The number of aromatic nitrogens is 1. The highest BCUT2D eigenvalue weighted by Crippen LogP contribution is 2.26. The number of aromatic hydroxyl groups is 1. The molecule has 0 saturated heterocycles. The van der Waals surface area contributed by atoms with Gasteiger partial charge >= 0.3 is 5.69 Å². The van der Waals surface area contributed by atoms with Crippen molar-refractivity contribution in [2.45, 2.75) is 33.3 Å². The second-order valence-corrected chi connectivity index (χ2v) is 6.75. The quantitative estimate of drug-likeness (QED) is 0.215. The molecule has 0 radical (unpaired) electrons. The zero-order chi connectivity index (χ0) is 21.1. The summed E-state index contributed by atoms with van der Waals surface area (Å²) in [5, 5.41) is 34.8. The van der Waals surface area contributed by atoms with E-state index in [9.17, 15) is 19.5 Å². The van der Waals surface area contributed by atoms with E-state index in [-0.39, 0.29) is 16.4 Å². The Morgan fingerprint density at radius 3 is 2.68 bits per heavy atom. The summed E-state index contributed by atoms with van der Waals surface area (Å²) in [5.41, 5.74) is -1.92. The van der Waals surface area contributed by atoms with Crippen LogP contribution in [0.3, 0.4) is 0 Å². The van der Waals surface area contributed by atoms with Gasteiger partial charge < -0.3 is 19.9 Å². The zero-order valence-electron chi connectivity index (χ0n) is 15.7. The van der Waals surface area contributed by atoms with Crippen molar-refractivity contribution in [3.63, 3.8) is 0 Å². The van der Waals surface area contributed by atoms with Crippen LogP contribution in [0.25, 0.3) is 0 Å². The first kappa shape index (κ1) is 20.6. The number of phenolic OH excluding ortho intramolecular Hbond substituents is 1. The van der Waals surface area contributed by atoms with E-state index in [2.05, 4.69) is 5.16 Å². The molecular weight excluding hydrogens is 369 g/mol. The first-order chi connectivity index (χ1) is 13.0. The highest BCUT2D eigenvalue weighted by molar-refractivity contribution is 6.10. The van der Waals surface area contributed by atoms with Crippen molar-refractivity contribution in [2.24, 2.45) is 5.16 Å². The Balaban J connectivity index is 2.47. The van der Waals surface area contributed by atoms with E-state index >= 15 is 0 Å². The molecule has 9 heteroatoms. The van der Waals surface area contributed by atoms with E-state index in [1.165, 1.54) is 19.1 Å². The maximum absolute atomic E-state index is 13.6. The molecule has 1 aromatic carbocycles. The molecule has 1 heterocycles. The third-order valence-corrected chi connectivity index (χ3v) is 3.29. The first-order valence-electron chi connectivity index (χ1n) is 8.13. The number of carbonyl (C=O) groups is 1. The molecule has 0 atom stereocenters. The Hall–Kier alpha value is -3.67. The van der Waals surface area contributed by atoms with E-state index in [1.54, 1.807) is 26.8 Å². The second kappa shape index (κ2) is 7.92. The molecule has 0 fully saturated rings. The van der Waals surface area contributed by atoms with Crippen molar-refractivity contribution in [3.05, 3.63) is 58.3 Å². The van der Waals surface area contributed by atoms with Gasteiger partial charge in [-0.05, 0) is 32.9 Å². The standard InChI is InChI=1S/C19H18FN3O5/c1-11(22-28-19(2,3)4)27-16-6-5-7-23(26)17(16)18(25)13-8-12(10-21)14(20)9-15(13)24/h5-9,24H,1-4H3. The number of phenols is 1. The Kier molecular flexibility index (Phi) is 5.84. The largest absolute Gasteiger partial charge is 0.618 e. The van der Waals surface area contributed by atoms with Crippen LogP contribution in [0.5, 0.6) is 11.5 Å². The fourth-order valence-corrected chi connectivity index (χ4v) is 2.10. The number of nitrogens with zero attached hydrogens (tertiary/aromatic N) is 3. The third kappa shape index (κ3) is 4.73. The summed E-state index contributed by atoms with van der Waals surface area (Å²) in [5.74, 6) is -2.78. The number of oxime groups is 1. The van der Waals surface area contributed by atoms with E-state index in [4.69, 9.17) is 14.8 Å². The highest BCUT2D eigenvalue weighted by atomic mass is 19.1. The Morgan fingerprint density at radius 1 is 1.39 bits per heavy atom. The molecule has 2 aromatic rings.